The van der Waals surface area contributed by atoms with E-state index >= 15 is 0 Å². The van der Waals surface area contributed by atoms with E-state index in [1.54, 1.807) is 26.4 Å². The van der Waals surface area contributed by atoms with Gasteiger partial charge in [0.25, 0.3) is 11.6 Å². The van der Waals surface area contributed by atoms with Gasteiger partial charge in [-0.3, -0.25) is 0 Å². The SMILES string of the molecule is Br.COc1ccc(-c2c[n+]3c(n2-c2ccc(SC(F)F)cc2)CCC3)cc1OC. The van der Waals surface area contributed by atoms with Crippen molar-refractivity contribution in [3.05, 3.63) is 54.5 Å². The highest BCUT2D eigenvalue weighted by atomic mass is 79.9. The van der Waals surface area contributed by atoms with Gasteiger partial charge >= 0.3 is 0 Å². The zero-order valence-corrected chi connectivity index (χ0v) is 18.6. The summed E-state index contributed by atoms with van der Waals surface area (Å²) in [5, 5.41) is 0. The molecular weight excluding hydrogens is 462 g/mol. The van der Waals surface area contributed by atoms with E-state index in [4.69, 9.17) is 9.47 Å². The number of fused-ring (bicyclic) bond motifs is 1. The number of ether oxygens (including phenoxy) is 2. The molecule has 0 saturated heterocycles. The second-order valence-corrected chi connectivity index (χ2v) is 7.57. The summed E-state index contributed by atoms with van der Waals surface area (Å²) in [7, 11) is 3.23. The molecule has 1 aliphatic heterocycles. The first-order chi connectivity index (χ1) is 13.6. The molecule has 4 rings (SSSR count). The van der Waals surface area contributed by atoms with Gasteiger partial charge in [-0.2, -0.15) is 13.3 Å². The number of imidazole rings is 1. The molecule has 29 heavy (non-hydrogen) atoms. The Labute approximate surface area is 183 Å². The van der Waals surface area contributed by atoms with Gasteiger partial charge in [0.2, 0.25) is 0 Å². The van der Waals surface area contributed by atoms with Gasteiger partial charge in [-0.15, -0.1) is 17.0 Å². The number of alkyl halides is 2. The molecule has 0 aliphatic carbocycles. The van der Waals surface area contributed by atoms with Crippen LogP contribution in [0.5, 0.6) is 11.5 Å². The van der Waals surface area contributed by atoms with Crippen LogP contribution >= 0.6 is 28.7 Å². The average molecular weight is 484 g/mol. The Morgan fingerprint density at radius 1 is 1.03 bits per heavy atom. The van der Waals surface area contributed by atoms with Crippen molar-refractivity contribution in [3.63, 3.8) is 0 Å². The zero-order chi connectivity index (χ0) is 19.7. The second-order valence-electron chi connectivity index (χ2n) is 6.51. The number of rotatable bonds is 6. The van der Waals surface area contributed by atoms with E-state index in [0.717, 1.165) is 36.3 Å². The molecular formula is C21H22BrF2N2O2S+. The van der Waals surface area contributed by atoms with Crippen molar-refractivity contribution in [2.45, 2.75) is 30.0 Å². The molecule has 0 bridgehead atoms. The van der Waals surface area contributed by atoms with Crippen molar-refractivity contribution in [3.8, 4) is 28.4 Å². The fraction of sp³-hybridized carbons (Fsp3) is 0.286. The standard InChI is InChI=1S/C21H21F2N2O2S.BrH/c1-26-18-10-5-14(12-19(18)27-2)17-13-24-11-3-4-20(24)25(17)15-6-8-16(9-7-15)28-21(22)23;/h5-10,12-13,21H,3-4,11H2,1-2H3;1H/q+1;. The van der Waals surface area contributed by atoms with E-state index in [0.29, 0.717) is 28.2 Å². The molecule has 0 N–H and O–H groups in total. The minimum absolute atomic E-state index is 0. The summed E-state index contributed by atoms with van der Waals surface area (Å²) in [4.78, 5) is 0.558. The van der Waals surface area contributed by atoms with Gasteiger partial charge in [0, 0.05) is 10.5 Å². The van der Waals surface area contributed by atoms with Gasteiger partial charge in [-0.1, -0.05) is 11.8 Å². The van der Waals surface area contributed by atoms with Gasteiger partial charge in [0.1, 0.15) is 11.9 Å². The third kappa shape index (κ3) is 4.28. The lowest BCUT2D eigenvalue weighted by atomic mass is 10.1. The Hall–Kier alpha value is -2.06. The molecule has 0 radical (unpaired) electrons. The highest BCUT2D eigenvalue weighted by molar-refractivity contribution is 8.93. The number of benzene rings is 2. The molecule has 1 aliphatic rings. The molecule has 154 valence electrons. The molecule has 0 saturated carbocycles. The van der Waals surface area contributed by atoms with Crippen molar-refractivity contribution in [1.82, 2.24) is 4.57 Å². The molecule has 3 aromatic rings. The van der Waals surface area contributed by atoms with Crippen LogP contribution in [0.15, 0.2) is 53.6 Å². The summed E-state index contributed by atoms with van der Waals surface area (Å²) in [6.45, 7) is 0.974. The molecule has 2 aromatic carbocycles. The first-order valence-electron chi connectivity index (χ1n) is 9.02. The number of aromatic nitrogens is 2. The van der Waals surface area contributed by atoms with Gasteiger partial charge < -0.3 is 9.47 Å². The molecule has 0 atom stereocenters. The van der Waals surface area contributed by atoms with E-state index in [9.17, 15) is 8.78 Å². The largest absolute Gasteiger partial charge is 0.493 e. The van der Waals surface area contributed by atoms with Crippen LogP contribution in [0.4, 0.5) is 8.78 Å². The van der Waals surface area contributed by atoms with Crippen LogP contribution in [0.2, 0.25) is 0 Å². The molecule has 4 nitrogen and oxygen atoms in total. The summed E-state index contributed by atoms with van der Waals surface area (Å²) in [6.07, 6.45) is 4.22. The third-order valence-corrected chi connectivity index (χ3v) is 5.63. The molecule has 2 heterocycles. The lowest BCUT2D eigenvalue weighted by Crippen LogP contribution is -2.30. The smallest absolute Gasteiger partial charge is 0.288 e. The van der Waals surface area contributed by atoms with Crippen LogP contribution in [-0.4, -0.2) is 24.5 Å². The molecule has 1 aromatic heterocycles. The van der Waals surface area contributed by atoms with Crippen LogP contribution in [-0.2, 0) is 13.0 Å². The highest BCUT2D eigenvalue weighted by Crippen LogP contribution is 2.35. The maximum Gasteiger partial charge on any atom is 0.288 e. The van der Waals surface area contributed by atoms with E-state index < -0.39 is 5.76 Å². The summed E-state index contributed by atoms with van der Waals surface area (Å²) in [6, 6.07) is 13.1. The second kappa shape index (κ2) is 9.17. The van der Waals surface area contributed by atoms with Gasteiger partial charge in [-0.05, 0) is 48.9 Å². The number of hydrogen-bond donors (Lipinski definition) is 0. The van der Waals surface area contributed by atoms with E-state index in [1.807, 2.05) is 30.3 Å². The predicted octanol–water partition coefficient (Wildman–Crippen LogP) is 5.29. The Balaban J connectivity index is 0.00000240. The monoisotopic (exact) mass is 483 g/mol. The van der Waals surface area contributed by atoms with Gasteiger partial charge in [0.05, 0.1) is 27.2 Å². The maximum absolute atomic E-state index is 12.6. The van der Waals surface area contributed by atoms with E-state index in [-0.39, 0.29) is 17.0 Å². The predicted molar refractivity (Wildman–Crippen MR) is 115 cm³/mol. The topological polar surface area (TPSA) is 27.3 Å². The van der Waals surface area contributed by atoms with Crippen LogP contribution < -0.4 is 14.0 Å². The number of thioether (sulfide) groups is 1. The van der Waals surface area contributed by atoms with Crippen molar-refractivity contribution in [2.24, 2.45) is 0 Å². The summed E-state index contributed by atoms with van der Waals surface area (Å²) >= 11 is 0.561. The molecule has 8 heteroatoms. The number of methoxy groups -OCH3 is 2. The van der Waals surface area contributed by atoms with Crippen molar-refractivity contribution < 1.29 is 22.8 Å². The number of halogens is 3. The molecule has 0 spiro atoms. The lowest BCUT2D eigenvalue weighted by molar-refractivity contribution is -0.689. The number of hydrogen-bond acceptors (Lipinski definition) is 3. The summed E-state index contributed by atoms with van der Waals surface area (Å²) in [5.74, 6) is 0.137. The Kier molecular flexibility index (Phi) is 6.85. The fourth-order valence-corrected chi connectivity index (χ4v) is 4.17. The summed E-state index contributed by atoms with van der Waals surface area (Å²) < 4.78 is 40.5. The first-order valence-corrected chi connectivity index (χ1v) is 9.90. The number of aryl methyl sites for hydroxylation is 1. The maximum atomic E-state index is 12.6. The molecule has 0 fully saturated rings. The molecule has 0 amide bonds. The normalized spacial score (nSPS) is 12.6. The van der Waals surface area contributed by atoms with Crippen molar-refractivity contribution in [1.29, 1.82) is 0 Å². The Morgan fingerprint density at radius 3 is 2.41 bits per heavy atom. The van der Waals surface area contributed by atoms with Crippen LogP contribution in [0, 0.1) is 0 Å². The quantitative estimate of drug-likeness (QED) is 0.352. The van der Waals surface area contributed by atoms with E-state index in [2.05, 4.69) is 15.3 Å². The van der Waals surface area contributed by atoms with Crippen molar-refractivity contribution >= 4 is 28.7 Å². The zero-order valence-electron chi connectivity index (χ0n) is 16.1. The highest BCUT2D eigenvalue weighted by Gasteiger charge is 2.30. The number of nitrogens with zero attached hydrogens (tertiary/aromatic N) is 2. The lowest BCUT2D eigenvalue weighted by Gasteiger charge is -2.10. The summed E-state index contributed by atoms with van der Waals surface area (Å²) in [5.41, 5.74) is 2.99. The minimum atomic E-state index is -2.42. The fourth-order valence-electron chi connectivity index (χ4n) is 3.67. The van der Waals surface area contributed by atoms with Crippen molar-refractivity contribution in [2.75, 3.05) is 14.2 Å². The first kappa shape index (κ1) is 21.6. The Bertz CT molecular complexity index is 993. The minimum Gasteiger partial charge on any atom is -0.493 e. The van der Waals surface area contributed by atoms with Crippen LogP contribution in [0.1, 0.15) is 12.2 Å². The average Bonchev–Trinajstić information content (AvgIpc) is 3.29. The van der Waals surface area contributed by atoms with Gasteiger partial charge in [-0.25, -0.2) is 4.57 Å². The third-order valence-electron chi connectivity index (χ3n) is 4.91. The molecule has 0 unspecified atom stereocenters. The Morgan fingerprint density at radius 2 is 1.76 bits per heavy atom. The van der Waals surface area contributed by atoms with Gasteiger partial charge in [0.15, 0.2) is 17.2 Å². The van der Waals surface area contributed by atoms with Crippen LogP contribution in [0.3, 0.4) is 0 Å². The van der Waals surface area contributed by atoms with Crippen LogP contribution in [0.25, 0.3) is 16.9 Å². The van der Waals surface area contributed by atoms with E-state index in [1.165, 1.54) is 5.82 Å².